The van der Waals surface area contributed by atoms with E-state index in [1.54, 1.807) is 0 Å². The maximum Gasteiger partial charge on any atom is 0.00252 e. The summed E-state index contributed by atoms with van der Waals surface area (Å²) in [6.45, 7) is 10.2. The topological polar surface area (TPSA) is 3.24 Å². The molecule has 2 fully saturated rings. The predicted molar refractivity (Wildman–Crippen MR) is 52.1 cm³/mol. The van der Waals surface area contributed by atoms with Crippen molar-refractivity contribution in [3.63, 3.8) is 0 Å². The van der Waals surface area contributed by atoms with Gasteiger partial charge in [0.2, 0.25) is 0 Å². The van der Waals surface area contributed by atoms with Crippen molar-refractivity contribution in [2.45, 2.75) is 26.2 Å². The van der Waals surface area contributed by atoms with Gasteiger partial charge in [0.25, 0.3) is 0 Å². The van der Waals surface area contributed by atoms with E-state index in [4.69, 9.17) is 0 Å². The second kappa shape index (κ2) is 3.21. The van der Waals surface area contributed by atoms with Crippen molar-refractivity contribution in [2.24, 2.45) is 11.8 Å². The molecule has 68 valence electrons. The maximum absolute atomic E-state index is 3.96. The second-order valence-electron chi connectivity index (χ2n) is 4.69. The Morgan fingerprint density at radius 3 is 2.50 bits per heavy atom. The van der Waals surface area contributed by atoms with Gasteiger partial charge in [0, 0.05) is 19.6 Å². The lowest BCUT2D eigenvalue weighted by atomic mass is 9.93. The van der Waals surface area contributed by atoms with Gasteiger partial charge in [-0.2, -0.15) is 0 Å². The van der Waals surface area contributed by atoms with Crippen molar-refractivity contribution < 1.29 is 0 Å². The maximum atomic E-state index is 3.96. The van der Waals surface area contributed by atoms with Crippen LogP contribution in [0.2, 0.25) is 0 Å². The molecule has 1 saturated heterocycles. The monoisotopic (exact) mass is 165 g/mol. The summed E-state index contributed by atoms with van der Waals surface area (Å²) in [4.78, 5) is 2.60. The summed E-state index contributed by atoms with van der Waals surface area (Å²) in [5, 5.41) is 0. The summed E-state index contributed by atoms with van der Waals surface area (Å²) >= 11 is 0. The summed E-state index contributed by atoms with van der Waals surface area (Å²) in [7, 11) is 0. The molecule has 0 bridgehead atoms. The van der Waals surface area contributed by atoms with E-state index < -0.39 is 0 Å². The average molecular weight is 165 g/mol. The van der Waals surface area contributed by atoms with Crippen LogP contribution < -0.4 is 0 Å². The number of nitrogens with zero attached hydrogens (tertiary/aromatic N) is 1. The minimum Gasteiger partial charge on any atom is -0.302 e. The Balaban J connectivity index is 1.59. The fourth-order valence-electron chi connectivity index (χ4n) is 2.11. The van der Waals surface area contributed by atoms with Crippen LogP contribution in [0, 0.1) is 11.8 Å². The van der Waals surface area contributed by atoms with Crippen molar-refractivity contribution in [3.8, 4) is 0 Å². The predicted octanol–water partition coefficient (Wildman–Crippen LogP) is 2.29. The van der Waals surface area contributed by atoms with E-state index in [1.807, 2.05) is 0 Å². The quantitative estimate of drug-likeness (QED) is 0.578. The average Bonchev–Trinajstić information content (AvgIpc) is 2.65. The number of rotatable bonds is 4. The van der Waals surface area contributed by atoms with Gasteiger partial charge in [-0.15, -0.1) is 6.58 Å². The molecule has 1 heteroatoms. The van der Waals surface area contributed by atoms with E-state index in [0.29, 0.717) is 0 Å². The van der Waals surface area contributed by atoms with Gasteiger partial charge in [-0.1, -0.05) is 5.57 Å². The molecule has 0 unspecified atom stereocenters. The highest BCUT2D eigenvalue weighted by molar-refractivity contribution is 4.96. The summed E-state index contributed by atoms with van der Waals surface area (Å²) in [5.74, 6) is 2.00. The Labute approximate surface area is 75.4 Å². The lowest BCUT2D eigenvalue weighted by Gasteiger charge is -2.39. The first-order valence-electron chi connectivity index (χ1n) is 5.11. The second-order valence-corrected chi connectivity index (χ2v) is 4.69. The SMILES string of the molecule is C=C(C)CC1CN(CC2CC2)C1. The minimum absolute atomic E-state index is 0.932. The zero-order valence-electron chi connectivity index (χ0n) is 8.05. The van der Waals surface area contributed by atoms with Crippen LogP contribution in [-0.2, 0) is 0 Å². The molecule has 1 saturated carbocycles. The first kappa shape index (κ1) is 8.31. The lowest BCUT2D eigenvalue weighted by molar-refractivity contribution is 0.0954. The summed E-state index contributed by atoms with van der Waals surface area (Å²) < 4.78 is 0. The zero-order valence-corrected chi connectivity index (χ0v) is 8.05. The van der Waals surface area contributed by atoms with Gasteiger partial charge >= 0.3 is 0 Å². The lowest BCUT2D eigenvalue weighted by Crippen LogP contribution is -2.47. The molecule has 1 nitrogen and oxygen atoms in total. The molecule has 0 radical (unpaired) electrons. The van der Waals surface area contributed by atoms with E-state index in [-0.39, 0.29) is 0 Å². The van der Waals surface area contributed by atoms with E-state index in [1.165, 1.54) is 44.5 Å². The third-order valence-electron chi connectivity index (χ3n) is 2.88. The largest absolute Gasteiger partial charge is 0.302 e. The molecule has 1 aliphatic heterocycles. The molecule has 1 heterocycles. The fourth-order valence-corrected chi connectivity index (χ4v) is 2.11. The summed E-state index contributed by atoms with van der Waals surface area (Å²) in [6.07, 6.45) is 4.23. The standard InChI is InChI=1S/C11H19N/c1-9(2)5-11-7-12(8-11)6-10-3-4-10/h10-11H,1,3-8H2,2H3. The molecular weight excluding hydrogens is 146 g/mol. The van der Waals surface area contributed by atoms with Gasteiger partial charge in [0.05, 0.1) is 0 Å². The van der Waals surface area contributed by atoms with Crippen molar-refractivity contribution in [1.29, 1.82) is 0 Å². The third-order valence-corrected chi connectivity index (χ3v) is 2.88. The van der Waals surface area contributed by atoms with Crippen molar-refractivity contribution in [1.82, 2.24) is 4.90 Å². The van der Waals surface area contributed by atoms with Crippen LogP contribution in [0.3, 0.4) is 0 Å². The molecule has 0 aromatic rings. The molecular formula is C11H19N. The number of likely N-dealkylation sites (tertiary alicyclic amines) is 1. The Morgan fingerprint density at radius 2 is 2.00 bits per heavy atom. The minimum atomic E-state index is 0.932. The fraction of sp³-hybridized carbons (Fsp3) is 0.818. The van der Waals surface area contributed by atoms with Gasteiger partial charge in [-0.05, 0) is 38.0 Å². The highest BCUT2D eigenvalue weighted by Crippen LogP contribution is 2.32. The number of hydrogen-bond donors (Lipinski definition) is 0. The molecule has 2 rings (SSSR count). The van der Waals surface area contributed by atoms with E-state index >= 15 is 0 Å². The Hall–Kier alpha value is -0.300. The van der Waals surface area contributed by atoms with Crippen molar-refractivity contribution >= 4 is 0 Å². The molecule has 2 aliphatic rings. The molecule has 0 aromatic heterocycles. The number of allylic oxidation sites excluding steroid dienone is 1. The summed E-state index contributed by atoms with van der Waals surface area (Å²) in [5.41, 5.74) is 1.35. The molecule has 0 N–H and O–H groups in total. The molecule has 0 aromatic carbocycles. The first-order valence-corrected chi connectivity index (χ1v) is 5.11. The normalized spacial score (nSPS) is 25.4. The van der Waals surface area contributed by atoms with Gasteiger partial charge < -0.3 is 4.90 Å². The van der Waals surface area contributed by atoms with Gasteiger partial charge in [-0.3, -0.25) is 0 Å². The smallest absolute Gasteiger partial charge is 0.00252 e. The highest BCUT2D eigenvalue weighted by atomic mass is 15.2. The molecule has 0 atom stereocenters. The van der Waals surface area contributed by atoms with Crippen molar-refractivity contribution in [2.75, 3.05) is 19.6 Å². The first-order chi connectivity index (χ1) is 5.74. The molecule has 1 aliphatic carbocycles. The molecule has 12 heavy (non-hydrogen) atoms. The van der Waals surface area contributed by atoms with Gasteiger partial charge in [-0.25, -0.2) is 0 Å². The zero-order chi connectivity index (χ0) is 8.55. The third kappa shape index (κ3) is 2.10. The van der Waals surface area contributed by atoms with Crippen molar-refractivity contribution in [3.05, 3.63) is 12.2 Å². The van der Waals surface area contributed by atoms with Crippen LogP contribution in [0.1, 0.15) is 26.2 Å². The Bertz CT molecular complexity index is 175. The Kier molecular flexibility index (Phi) is 2.22. The van der Waals surface area contributed by atoms with E-state index in [9.17, 15) is 0 Å². The molecule has 0 amide bonds. The van der Waals surface area contributed by atoms with Crippen LogP contribution in [0.25, 0.3) is 0 Å². The van der Waals surface area contributed by atoms with Crippen LogP contribution in [0.5, 0.6) is 0 Å². The van der Waals surface area contributed by atoms with Crippen LogP contribution >= 0.6 is 0 Å². The molecule has 0 spiro atoms. The van der Waals surface area contributed by atoms with E-state index in [0.717, 1.165) is 11.8 Å². The van der Waals surface area contributed by atoms with Crippen LogP contribution in [0.15, 0.2) is 12.2 Å². The van der Waals surface area contributed by atoms with E-state index in [2.05, 4.69) is 18.4 Å². The highest BCUT2D eigenvalue weighted by Gasteiger charge is 2.31. The number of hydrogen-bond acceptors (Lipinski definition) is 1. The van der Waals surface area contributed by atoms with Crippen LogP contribution in [0.4, 0.5) is 0 Å². The van der Waals surface area contributed by atoms with Gasteiger partial charge in [0.15, 0.2) is 0 Å². The van der Waals surface area contributed by atoms with Gasteiger partial charge in [0.1, 0.15) is 0 Å². The summed E-state index contributed by atoms with van der Waals surface area (Å²) in [6, 6.07) is 0. The van der Waals surface area contributed by atoms with Crippen LogP contribution in [-0.4, -0.2) is 24.5 Å². The Morgan fingerprint density at radius 1 is 1.33 bits per heavy atom.